The molecule has 2 aromatic heterocycles. The van der Waals surface area contributed by atoms with E-state index >= 15 is 0 Å². The van der Waals surface area contributed by atoms with Crippen molar-refractivity contribution >= 4 is 5.65 Å². The zero-order valence-corrected chi connectivity index (χ0v) is 10.7. The molecule has 0 saturated heterocycles. The van der Waals surface area contributed by atoms with Crippen LogP contribution < -0.4 is 5.48 Å². The number of hydroxylamine groups is 1. The molecule has 0 aliphatic carbocycles. The molecule has 0 bridgehead atoms. The summed E-state index contributed by atoms with van der Waals surface area (Å²) in [6.07, 6.45) is 1.88. The van der Waals surface area contributed by atoms with Crippen LogP contribution in [0.25, 0.3) is 5.65 Å². The number of rotatable bonds is 4. The minimum absolute atomic E-state index is 0.0938. The molecule has 0 aliphatic rings. The molecule has 2 rings (SSSR count). The molecule has 2 aromatic rings. The van der Waals surface area contributed by atoms with Gasteiger partial charge in [0.1, 0.15) is 0 Å². The van der Waals surface area contributed by atoms with E-state index in [2.05, 4.69) is 15.6 Å². The van der Waals surface area contributed by atoms with Crippen molar-refractivity contribution in [1.82, 2.24) is 20.1 Å². The molecule has 0 aromatic carbocycles. The van der Waals surface area contributed by atoms with Crippen LogP contribution in [-0.2, 0) is 4.84 Å². The molecule has 5 heteroatoms. The summed E-state index contributed by atoms with van der Waals surface area (Å²) in [6, 6.07) is 2.06. The van der Waals surface area contributed by atoms with E-state index in [9.17, 15) is 0 Å². The van der Waals surface area contributed by atoms with Gasteiger partial charge in [-0.05, 0) is 27.7 Å². The Labute approximate surface area is 101 Å². The van der Waals surface area contributed by atoms with Gasteiger partial charge in [-0.2, -0.15) is 10.6 Å². The maximum absolute atomic E-state index is 5.21. The van der Waals surface area contributed by atoms with E-state index < -0.39 is 0 Å². The maximum Gasteiger partial charge on any atom is 0.155 e. The van der Waals surface area contributed by atoms with Gasteiger partial charge in [0.25, 0.3) is 0 Å². The van der Waals surface area contributed by atoms with Crippen LogP contribution in [0.3, 0.4) is 0 Å². The normalized spacial score (nSPS) is 13.2. The van der Waals surface area contributed by atoms with Gasteiger partial charge in [0.15, 0.2) is 5.65 Å². The largest absolute Gasteiger partial charge is 0.302 e. The van der Waals surface area contributed by atoms with Crippen LogP contribution in [0.2, 0.25) is 0 Å². The fourth-order valence-corrected chi connectivity index (χ4v) is 1.87. The highest BCUT2D eigenvalue weighted by Gasteiger charge is 2.12. The summed E-state index contributed by atoms with van der Waals surface area (Å²) in [4.78, 5) is 9.61. The molecular weight excluding hydrogens is 216 g/mol. The Kier molecular flexibility index (Phi) is 3.40. The summed E-state index contributed by atoms with van der Waals surface area (Å²) in [5.41, 5.74) is 7.01. The number of fused-ring (bicyclic) bond motifs is 1. The molecule has 0 amide bonds. The lowest BCUT2D eigenvalue weighted by molar-refractivity contribution is 0.0281. The first-order chi connectivity index (χ1) is 8.13. The Morgan fingerprint density at radius 3 is 2.94 bits per heavy atom. The molecule has 0 radical (unpaired) electrons. The third kappa shape index (κ3) is 2.30. The molecule has 17 heavy (non-hydrogen) atoms. The van der Waals surface area contributed by atoms with Gasteiger partial charge < -0.3 is 4.84 Å². The zero-order chi connectivity index (χ0) is 12.4. The molecule has 1 N–H and O–H groups in total. The number of aryl methyl sites for hydroxylation is 2. The molecule has 92 valence electrons. The van der Waals surface area contributed by atoms with Gasteiger partial charge in [-0.15, -0.1) is 0 Å². The average molecular weight is 234 g/mol. The monoisotopic (exact) mass is 234 g/mol. The maximum atomic E-state index is 5.21. The van der Waals surface area contributed by atoms with Gasteiger partial charge in [0.2, 0.25) is 0 Å². The van der Waals surface area contributed by atoms with Gasteiger partial charge in [0.05, 0.1) is 18.3 Å². The summed E-state index contributed by atoms with van der Waals surface area (Å²) in [5, 5.41) is 4.42. The van der Waals surface area contributed by atoms with E-state index in [1.54, 1.807) is 0 Å². The molecule has 0 aliphatic heterocycles. The minimum atomic E-state index is 0.0938. The van der Waals surface area contributed by atoms with Crippen molar-refractivity contribution in [1.29, 1.82) is 0 Å². The Hall–Kier alpha value is -1.46. The number of hydrogen-bond donors (Lipinski definition) is 1. The second-order valence-corrected chi connectivity index (χ2v) is 4.13. The summed E-state index contributed by atoms with van der Waals surface area (Å²) < 4.78 is 1.87. The van der Waals surface area contributed by atoms with Crippen molar-refractivity contribution in [3.05, 3.63) is 29.2 Å². The van der Waals surface area contributed by atoms with Crippen molar-refractivity contribution in [2.75, 3.05) is 6.61 Å². The van der Waals surface area contributed by atoms with Crippen molar-refractivity contribution in [3.63, 3.8) is 0 Å². The average Bonchev–Trinajstić information content (AvgIpc) is 2.68. The van der Waals surface area contributed by atoms with Crippen molar-refractivity contribution < 1.29 is 4.84 Å². The highest BCUT2D eigenvalue weighted by atomic mass is 16.6. The summed E-state index contributed by atoms with van der Waals surface area (Å²) in [7, 11) is 0. The molecule has 1 unspecified atom stereocenters. The van der Waals surface area contributed by atoms with E-state index in [1.807, 2.05) is 44.5 Å². The molecule has 1 atom stereocenters. The number of nitrogens with zero attached hydrogens (tertiary/aromatic N) is 3. The summed E-state index contributed by atoms with van der Waals surface area (Å²) in [5.74, 6) is 0. The van der Waals surface area contributed by atoms with Gasteiger partial charge >= 0.3 is 0 Å². The number of hydrogen-bond acceptors (Lipinski definition) is 4. The van der Waals surface area contributed by atoms with Gasteiger partial charge in [-0.3, -0.25) is 0 Å². The second-order valence-electron chi connectivity index (χ2n) is 4.13. The standard InChI is InChI=1S/C12H18N4O/c1-5-17-15-9(3)11-7-13-12-6-8(2)14-16(12)10(11)4/h6-7,9,15H,5H2,1-4H3. The van der Waals surface area contributed by atoms with Gasteiger partial charge in [0, 0.05) is 23.5 Å². The predicted octanol–water partition coefficient (Wildman–Crippen LogP) is 1.95. The lowest BCUT2D eigenvalue weighted by Gasteiger charge is -2.15. The van der Waals surface area contributed by atoms with E-state index in [0.29, 0.717) is 6.61 Å². The first-order valence-corrected chi connectivity index (χ1v) is 5.82. The Morgan fingerprint density at radius 1 is 1.47 bits per heavy atom. The highest BCUT2D eigenvalue weighted by molar-refractivity contribution is 5.42. The van der Waals surface area contributed by atoms with Crippen LogP contribution in [0.5, 0.6) is 0 Å². The topological polar surface area (TPSA) is 51.5 Å². The Balaban J connectivity index is 2.37. The quantitative estimate of drug-likeness (QED) is 0.821. The van der Waals surface area contributed by atoms with Crippen LogP contribution in [0.15, 0.2) is 12.3 Å². The number of aromatic nitrogens is 3. The van der Waals surface area contributed by atoms with Crippen LogP contribution in [0.1, 0.15) is 36.8 Å². The Bertz CT molecular complexity index is 520. The van der Waals surface area contributed by atoms with E-state index in [1.165, 1.54) is 0 Å². The molecule has 0 fully saturated rings. The SMILES string of the molecule is CCONC(C)c1cnc2cc(C)nn2c1C. The Morgan fingerprint density at radius 2 is 2.24 bits per heavy atom. The second kappa shape index (κ2) is 4.81. The van der Waals surface area contributed by atoms with Crippen LogP contribution in [-0.4, -0.2) is 21.2 Å². The smallest absolute Gasteiger partial charge is 0.155 e. The van der Waals surface area contributed by atoms with E-state index in [4.69, 9.17) is 4.84 Å². The molecule has 0 spiro atoms. The molecule has 2 heterocycles. The van der Waals surface area contributed by atoms with Crippen LogP contribution >= 0.6 is 0 Å². The zero-order valence-electron chi connectivity index (χ0n) is 10.7. The first kappa shape index (κ1) is 12.0. The third-order valence-corrected chi connectivity index (χ3v) is 2.76. The van der Waals surface area contributed by atoms with Crippen LogP contribution in [0, 0.1) is 13.8 Å². The molecule has 0 saturated carbocycles. The summed E-state index contributed by atoms with van der Waals surface area (Å²) in [6.45, 7) is 8.64. The molecule has 5 nitrogen and oxygen atoms in total. The van der Waals surface area contributed by atoms with E-state index in [-0.39, 0.29) is 6.04 Å². The fraction of sp³-hybridized carbons (Fsp3) is 0.500. The third-order valence-electron chi connectivity index (χ3n) is 2.76. The van der Waals surface area contributed by atoms with Gasteiger partial charge in [-0.25, -0.2) is 9.50 Å². The fourth-order valence-electron chi connectivity index (χ4n) is 1.87. The highest BCUT2D eigenvalue weighted by Crippen LogP contribution is 2.17. The van der Waals surface area contributed by atoms with Crippen LogP contribution in [0.4, 0.5) is 0 Å². The van der Waals surface area contributed by atoms with E-state index in [0.717, 1.165) is 22.6 Å². The lowest BCUT2D eigenvalue weighted by atomic mass is 10.1. The van der Waals surface area contributed by atoms with Crippen molar-refractivity contribution in [2.24, 2.45) is 0 Å². The van der Waals surface area contributed by atoms with Crippen molar-refractivity contribution in [2.45, 2.75) is 33.7 Å². The first-order valence-electron chi connectivity index (χ1n) is 5.82. The number of nitrogens with one attached hydrogen (secondary N) is 1. The minimum Gasteiger partial charge on any atom is -0.302 e. The van der Waals surface area contributed by atoms with Crippen molar-refractivity contribution in [3.8, 4) is 0 Å². The molecular formula is C12H18N4O. The lowest BCUT2D eigenvalue weighted by Crippen LogP contribution is -2.21. The summed E-state index contributed by atoms with van der Waals surface area (Å²) >= 11 is 0. The van der Waals surface area contributed by atoms with Gasteiger partial charge in [-0.1, -0.05) is 0 Å². The predicted molar refractivity (Wildman–Crippen MR) is 65.6 cm³/mol.